The molecule has 0 aliphatic heterocycles. The molecule has 0 aliphatic rings. The number of fused-ring (bicyclic) bond motifs is 1. The van der Waals surface area contributed by atoms with E-state index in [1.807, 2.05) is 79.7 Å². The Morgan fingerprint density at radius 1 is 0.889 bits per heavy atom. The number of esters is 1. The number of carbonyl (C=O) groups excluding carboxylic acids is 1. The molecule has 0 saturated carbocycles. The van der Waals surface area contributed by atoms with E-state index in [0.29, 0.717) is 0 Å². The third-order valence-electron chi connectivity index (χ3n) is 4.67. The summed E-state index contributed by atoms with van der Waals surface area (Å²) in [5, 5.41) is 11.3. The van der Waals surface area contributed by atoms with Crippen molar-refractivity contribution in [1.29, 1.82) is 0 Å². The number of ether oxygens (including phenoxy) is 1. The summed E-state index contributed by atoms with van der Waals surface area (Å²) in [7, 11) is 0. The van der Waals surface area contributed by atoms with Crippen molar-refractivity contribution in [3.8, 4) is 0 Å². The molecule has 138 valence electrons. The molecule has 2 atom stereocenters. The van der Waals surface area contributed by atoms with Crippen molar-refractivity contribution in [3.05, 3.63) is 83.9 Å². The van der Waals surface area contributed by atoms with E-state index in [1.54, 1.807) is 0 Å². The van der Waals surface area contributed by atoms with Crippen LogP contribution in [0.25, 0.3) is 10.8 Å². The van der Waals surface area contributed by atoms with E-state index in [4.69, 9.17) is 4.74 Å². The highest BCUT2D eigenvalue weighted by atomic mass is 16.5. The Balaban J connectivity index is 1.74. The van der Waals surface area contributed by atoms with Crippen molar-refractivity contribution in [2.45, 2.75) is 31.8 Å². The average molecular weight is 362 g/mol. The number of carboxylic acids is 1. The number of carboxylic acid groups (broad SMARTS) is 1. The quantitative estimate of drug-likeness (QED) is 0.595. The van der Waals surface area contributed by atoms with E-state index in [9.17, 15) is 14.7 Å². The van der Waals surface area contributed by atoms with Gasteiger partial charge in [-0.3, -0.25) is 9.59 Å². The van der Waals surface area contributed by atoms with E-state index in [0.717, 1.165) is 21.9 Å². The minimum Gasteiger partial charge on any atom is -0.481 e. The second-order valence-electron chi connectivity index (χ2n) is 6.61. The van der Waals surface area contributed by atoms with Gasteiger partial charge >= 0.3 is 11.9 Å². The van der Waals surface area contributed by atoms with Crippen LogP contribution >= 0.6 is 0 Å². The zero-order valence-electron chi connectivity index (χ0n) is 15.2. The predicted molar refractivity (Wildman–Crippen MR) is 105 cm³/mol. The molecule has 0 unspecified atom stereocenters. The first-order chi connectivity index (χ1) is 13.0. The molecule has 0 heterocycles. The lowest BCUT2D eigenvalue weighted by Crippen LogP contribution is -2.15. The van der Waals surface area contributed by atoms with Crippen LogP contribution in [0.1, 0.15) is 42.9 Å². The lowest BCUT2D eigenvalue weighted by molar-refractivity contribution is -0.149. The van der Waals surface area contributed by atoms with Crippen LogP contribution in [0.5, 0.6) is 0 Å². The fourth-order valence-corrected chi connectivity index (χ4v) is 3.36. The van der Waals surface area contributed by atoms with Gasteiger partial charge in [-0.25, -0.2) is 0 Å². The molecule has 0 aliphatic carbocycles. The Kier molecular flexibility index (Phi) is 5.87. The van der Waals surface area contributed by atoms with Gasteiger partial charge < -0.3 is 9.84 Å². The molecular weight excluding hydrogens is 340 g/mol. The van der Waals surface area contributed by atoms with E-state index in [-0.39, 0.29) is 12.8 Å². The van der Waals surface area contributed by atoms with Gasteiger partial charge in [0.05, 0.1) is 12.8 Å². The van der Waals surface area contributed by atoms with Crippen molar-refractivity contribution in [2.75, 3.05) is 0 Å². The fourth-order valence-electron chi connectivity index (χ4n) is 3.36. The van der Waals surface area contributed by atoms with Gasteiger partial charge in [0.25, 0.3) is 0 Å². The number of hydrogen-bond donors (Lipinski definition) is 1. The highest BCUT2D eigenvalue weighted by molar-refractivity contribution is 5.86. The van der Waals surface area contributed by atoms with Crippen molar-refractivity contribution < 1.29 is 19.4 Å². The van der Waals surface area contributed by atoms with Crippen molar-refractivity contribution in [1.82, 2.24) is 0 Å². The summed E-state index contributed by atoms with van der Waals surface area (Å²) in [4.78, 5) is 23.7. The highest BCUT2D eigenvalue weighted by Gasteiger charge is 2.22. The molecule has 0 spiro atoms. The molecule has 0 aromatic heterocycles. The highest BCUT2D eigenvalue weighted by Crippen LogP contribution is 2.29. The van der Waals surface area contributed by atoms with Crippen LogP contribution < -0.4 is 0 Å². The van der Waals surface area contributed by atoms with Gasteiger partial charge in [-0.05, 0) is 28.8 Å². The largest absolute Gasteiger partial charge is 0.481 e. The Labute approximate surface area is 158 Å². The van der Waals surface area contributed by atoms with Gasteiger partial charge in [0.15, 0.2) is 0 Å². The maximum Gasteiger partial charge on any atom is 0.307 e. The molecule has 3 rings (SSSR count). The summed E-state index contributed by atoms with van der Waals surface area (Å²) in [6, 6.07) is 23.1. The summed E-state index contributed by atoms with van der Waals surface area (Å²) in [6.45, 7) is 1.84. The van der Waals surface area contributed by atoms with Gasteiger partial charge in [0, 0.05) is 5.92 Å². The second-order valence-corrected chi connectivity index (χ2v) is 6.61. The monoisotopic (exact) mass is 362 g/mol. The third kappa shape index (κ3) is 4.73. The Morgan fingerprint density at radius 2 is 1.56 bits per heavy atom. The van der Waals surface area contributed by atoms with Crippen LogP contribution in [0.15, 0.2) is 72.8 Å². The molecular formula is C23H22O4. The van der Waals surface area contributed by atoms with Crippen LogP contribution in [0.3, 0.4) is 0 Å². The summed E-state index contributed by atoms with van der Waals surface area (Å²) in [6.07, 6.45) is -0.488. The molecule has 4 nitrogen and oxygen atoms in total. The minimum atomic E-state index is -0.932. The standard InChI is InChI=1S/C23H22O4/c1-16(20-13-7-11-18-10-5-6-12-21(18)20)27-23(26)15-19(14-22(24)25)17-8-3-2-4-9-17/h2-13,16,19H,14-15H2,1H3,(H,24,25)/t16-,19-/m0/s1. The van der Waals surface area contributed by atoms with Gasteiger partial charge in [-0.2, -0.15) is 0 Å². The van der Waals surface area contributed by atoms with Gasteiger partial charge in [0.1, 0.15) is 6.10 Å². The van der Waals surface area contributed by atoms with Crippen molar-refractivity contribution >= 4 is 22.7 Å². The molecule has 0 saturated heterocycles. The van der Waals surface area contributed by atoms with Crippen LogP contribution in [0.4, 0.5) is 0 Å². The number of benzene rings is 3. The van der Waals surface area contributed by atoms with Gasteiger partial charge in [-0.1, -0.05) is 72.8 Å². The molecule has 0 radical (unpaired) electrons. The van der Waals surface area contributed by atoms with Gasteiger partial charge in [0.2, 0.25) is 0 Å². The molecule has 4 heteroatoms. The molecule has 3 aromatic carbocycles. The second kappa shape index (κ2) is 8.49. The Morgan fingerprint density at radius 3 is 2.30 bits per heavy atom. The lowest BCUT2D eigenvalue weighted by Gasteiger charge is -2.19. The fraction of sp³-hybridized carbons (Fsp3) is 0.217. The van der Waals surface area contributed by atoms with Crippen molar-refractivity contribution in [3.63, 3.8) is 0 Å². The van der Waals surface area contributed by atoms with Gasteiger partial charge in [-0.15, -0.1) is 0 Å². The first-order valence-electron chi connectivity index (χ1n) is 8.98. The van der Waals surface area contributed by atoms with E-state index in [1.165, 1.54) is 0 Å². The summed E-state index contributed by atoms with van der Waals surface area (Å²) >= 11 is 0. The average Bonchev–Trinajstić information content (AvgIpc) is 2.67. The summed E-state index contributed by atoms with van der Waals surface area (Å²) in [5.74, 6) is -1.74. The molecule has 0 bridgehead atoms. The number of rotatable bonds is 7. The summed E-state index contributed by atoms with van der Waals surface area (Å²) < 4.78 is 5.65. The SMILES string of the molecule is C[C@H](OC(=O)C[C@H](CC(=O)O)c1ccccc1)c1cccc2ccccc12. The molecule has 0 amide bonds. The molecule has 1 N–H and O–H groups in total. The third-order valence-corrected chi connectivity index (χ3v) is 4.67. The number of aliphatic carboxylic acids is 1. The van der Waals surface area contributed by atoms with E-state index in [2.05, 4.69) is 0 Å². The maximum atomic E-state index is 12.5. The van der Waals surface area contributed by atoms with Crippen molar-refractivity contribution in [2.24, 2.45) is 0 Å². The first kappa shape index (κ1) is 18.6. The Bertz CT molecular complexity index is 928. The van der Waals surface area contributed by atoms with E-state index >= 15 is 0 Å². The molecule has 3 aromatic rings. The number of hydrogen-bond acceptors (Lipinski definition) is 3. The summed E-state index contributed by atoms with van der Waals surface area (Å²) in [5.41, 5.74) is 1.77. The lowest BCUT2D eigenvalue weighted by atomic mass is 9.92. The van der Waals surface area contributed by atoms with E-state index < -0.39 is 24.0 Å². The normalized spacial score (nSPS) is 13.1. The molecule has 27 heavy (non-hydrogen) atoms. The maximum absolute atomic E-state index is 12.5. The number of carbonyl (C=O) groups is 2. The first-order valence-corrected chi connectivity index (χ1v) is 8.98. The Hall–Kier alpha value is -3.14. The minimum absolute atomic E-state index is 0.0332. The zero-order chi connectivity index (χ0) is 19.2. The van der Waals surface area contributed by atoms with Crippen LogP contribution in [-0.2, 0) is 14.3 Å². The topological polar surface area (TPSA) is 63.6 Å². The van der Waals surface area contributed by atoms with Crippen LogP contribution in [0.2, 0.25) is 0 Å². The predicted octanol–water partition coefficient (Wildman–Crippen LogP) is 5.09. The molecule has 0 fully saturated rings. The zero-order valence-corrected chi connectivity index (χ0v) is 15.2. The van der Waals surface area contributed by atoms with Crippen LogP contribution in [0, 0.1) is 0 Å². The smallest absolute Gasteiger partial charge is 0.307 e. The van der Waals surface area contributed by atoms with Crippen LogP contribution in [-0.4, -0.2) is 17.0 Å².